The minimum atomic E-state index is -4.60. The van der Waals surface area contributed by atoms with E-state index in [9.17, 15) is 18.0 Å². The fraction of sp³-hybridized carbons (Fsp3) is 0.409. The first-order valence-electron chi connectivity index (χ1n) is 9.61. The molecule has 2 aromatic carbocycles. The van der Waals surface area contributed by atoms with Crippen molar-refractivity contribution in [2.45, 2.75) is 50.9 Å². The molecule has 1 saturated carbocycles. The molecule has 1 amide bonds. The number of carbonyl (C=O) groups is 1. The van der Waals surface area contributed by atoms with Gasteiger partial charge in [0.2, 0.25) is 0 Å². The van der Waals surface area contributed by atoms with E-state index in [-0.39, 0.29) is 6.10 Å². The van der Waals surface area contributed by atoms with Crippen molar-refractivity contribution >= 4 is 5.91 Å². The van der Waals surface area contributed by atoms with Gasteiger partial charge in [0.25, 0.3) is 5.91 Å². The van der Waals surface area contributed by atoms with Crippen LogP contribution in [0.15, 0.2) is 42.5 Å². The van der Waals surface area contributed by atoms with Crippen molar-refractivity contribution in [3.8, 4) is 11.5 Å². The third kappa shape index (κ3) is 5.02. The molecule has 0 bridgehead atoms. The predicted octanol–water partition coefficient (Wildman–Crippen LogP) is 5.53. The molecular weight excluding hydrogens is 383 g/mol. The van der Waals surface area contributed by atoms with Crippen LogP contribution in [0.5, 0.6) is 11.5 Å². The highest BCUT2D eigenvalue weighted by molar-refractivity contribution is 5.96. The second kappa shape index (κ2) is 8.76. The molecule has 2 aromatic rings. The molecule has 29 heavy (non-hydrogen) atoms. The first-order chi connectivity index (χ1) is 13.8. The minimum absolute atomic E-state index is 0.172. The zero-order valence-electron chi connectivity index (χ0n) is 16.4. The van der Waals surface area contributed by atoms with Crippen LogP contribution in [0.4, 0.5) is 13.2 Å². The van der Waals surface area contributed by atoms with E-state index in [2.05, 4.69) is 5.32 Å². The van der Waals surface area contributed by atoms with Crippen molar-refractivity contribution in [1.82, 2.24) is 5.32 Å². The van der Waals surface area contributed by atoms with Crippen molar-refractivity contribution in [2.75, 3.05) is 7.11 Å². The number of alkyl halides is 3. The lowest BCUT2D eigenvalue weighted by molar-refractivity contribution is -0.137. The van der Waals surface area contributed by atoms with E-state index in [4.69, 9.17) is 9.47 Å². The molecule has 1 aliphatic carbocycles. The summed E-state index contributed by atoms with van der Waals surface area (Å²) in [5.41, 5.74) is -0.652. The summed E-state index contributed by atoms with van der Waals surface area (Å²) in [4.78, 5) is 12.5. The second-order valence-corrected chi connectivity index (χ2v) is 7.17. The number of halogens is 3. The molecule has 3 rings (SSSR count). The Bertz CT molecular complexity index is 861. The molecule has 0 radical (unpaired) electrons. The average molecular weight is 407 g/mol. The quantitative estimate of drug-likeness (QED) is 0.685. The Balaban J connectivity index is 1.75. The maximum atomic E-state index is 13.2. The van der Waals surface area contributed by atoms with Crippen LogP contribution in [0.1, 0.15) is 60.1 Å². The van der Waals surface area contributed by atoms with Crippen LogP contribution in [0, 0.1) is 0 Å². The van der Waals surface area contributed by atoms with Gasteiger partial charge in [0.05, 0.1) is 30.4 Å². The summed E-state index contributed by atoms with van der Waals surface area (Å²) in [6, 6.07) is 9.53. The van der Waals surface area contributed by atoms with Gasteiger partial charge in [-0.2, -0.15) is 13.2 Å². The molecule has 156 valence electrons. The number of ether oxygens (including phenoxy) is 2. The summed E-state index contributed by atoms with van der Waals surface area (Å²) in [6.07, 6.45) is -0.113. The molecule has 1 fully saturated rings. The monoisotopic (exact) mass is 407 g/mol. The molecule has 7 heteroatoms. The van der Waals surface area contributed by atoms with Crippen molar-refractivity contribution in [2.24, 2.45) is 0 Å². The van der Waals surface area contributed by atoms with Gasteiger partial charge in [-0.1, -0.05) is 18.2 Å². The van der Waals surface area contributed by atoms with Gasteiger partial charge in [0, 0.05) is 0 Å². The number of nitrogens with one attached hydrogen (secondary N) is 1. The van der Waals surface area contributed by atoms with Gasteiger partial charge < -0.3 is 14.8 Å². The van der Waals surface area contributed by atoms with E-state index in [0.29, 0.717) is 17.1 Å². The Morgan fingerprint density at radius 1 is 1.10 bits per heavy atom. The third-order valence-electron chi connectivity index (χ3n) is 5.11. The zero-order chi connectivity index (χ0) is 21.0. The van der Waals surface area contributed by atoms with Crippen LogP contribution in [0.25, 0.3) is 0 Å². The smallest absolute Gasteiger partial charge is 0.417 e. The lowest BCUT2D eigenvalue weighted by atomic mass is 10.0. The third-order valence-corrected chi connectivity index (χ3v) is 5.11. The average Bonchev–Trinajstić information content (AvgIpc) is 3.20. The maximum absolute atomic E-state index is 13.2. The Morgan fingerprint density at radius 3 is 2.45 bits per heavy atom. The molecule has 0 spiro atoms. The first-order valence-corrected chi connectivity index (χ1v) is 9.61. The number of hydrogen-bond acceptors (Lipinski definition) is 3. The highest BCUT2D eigenvalue weighted by Gasteiger charge is 2.35. The zero-order valence-corrected chi connectivity index (χ0v) is 16.4. The fourth-order valence-electron chi connectivity index (χ4n) is 3.52. The molecule has 4 nitrogen and oxygen atoms in total. The number of rotatable bonds is 6. The summed E-state index contributed by atoms with van der Waals surface area (Å²) < 4.78 is 50.9. The van der Waals surface area contributed by atoms with Crippen molar-refractivity contribution in [1.29, 1.82) is 0 Å². The molecule has 1 unspecified atom stereocenters. The van der Waals surface area contributed by atoms with Gasteiger partial charge >= 0.3 is 6.18 Å². The topological polar surface area (TPSA) is 47.6 Å². The Morgan fingerprint density at radius 2 is 1.79 bits per heavy atom. The van der Waals surface area contributed by atoms with Gasteiger partial charge in [-0.25, -0.2) is 0 Å². The van der Waals surface area contributed by atoms with Crippen molar-refractivity contribution in [3.63, 3.8) is 0 Å². The predicted molar refractivity (Wildman–Crippen MR) is 103 cm³/mol. The highest BCUT2D eigenvalue weighted by atomic mass is 19.4. The van der Waals surface area contributed by atoms with E-state index in [1.165, 1.54) is 25.3 Å². The molecule has 0 aliphatic heterocycles. The standard InChI is InChI=1S/C22H24F3NO3/c1-14(26-21(27)17-9-5-6-10-18(17)22(23,24)25)15-11-12-19(20(13-15)28-2)29-16-7-3-4-8-16/h5-6,9-14,16H,3-4,7-8H2,1-2H3,(H,26,27). The summed E-state index contributed by atoms with van der Waals surface area (Å²) in [5.74, 6) is 0.381. The van der Waals surface area contributed by atoms with Crippen LogP contribution >= 0.6 is 0 Å². The molecule has 1 N–H and O–H groups in total. The highest BCUT2D eigenvalue weighted by Crippen LogP contribution is 2.34. The Kier molecular flexibility index (Phi) is 6.35. The lowest BCUT2D eigenvalue weighted by Gasteiger charge is -2.20. The normalized spacial score (nSPS) is 15.8. The fourth-order valence-corrected chi connectivity index (χ4v) is 3.52. The first kappa shape index (κ1) is 21.0. The van der Waals surface area contributed by atoms with Gasteiger partial charge in [-0.05, 0) is 62.4 Å². The number of hydrogen-bond donors (Lipinski definition) is 1. The van der Waals surface area contributed by atoms with Crippen LogP contribution in [-0.4, -0.2) is 19.1 Å². The van der Waals surface area contributed by atoms with Crippen LogP contribution < -0.4 is 14.8 Å². The van der Waals surface area contributed by atoms with Crippen molar-refractivity contribution in [3.05, 3.63) is 59.2 Å². The van der Waals surface area contributed by atoms with Crippen molar-refractivity contribution < 1.29 is 27.4 Å². The van der Waals surface area contributed by atoms with Gasteiger partial charge in [0.1, 0.15) is 0 Å². The maximum Gasteiger partial charge on any atom is 0.417 e. The van der Waals surface area contributed by atoms with Crippen LogP contribution in [0.3, 0.4) is 0 Å². The van der Waals surface area contributed by atoms with E-state index >= 15 is 0 Å². The largest absolute Gasteiger partial charge is 0.493 e. The SMILES string of the molecule is COc1cc(C(C)NC(=O)c2ccccc2C(F)(F)F)ccc1OC1CCCC1. The lowest BCUT2D eigenvalue weighted by Crippen LogP contribution is -2.28. The van der Waals surface area contributed by atoms with Crippen LogP contribution in [0.2, 0.25) is 0 Å². The number of carbonyl (C=O) groups excluding carboxylic acids is 1. The molecule has 0 heterocycles. The second-order valence-electron chi connectivity index (χ2n) is 7.17. The van der Waals surface area contributed by atoms with E-state index < -0.39 is 29.3 Å². The molecular formula is C22H24F3NO3. The number of amides is 1. The number of benzene rings is 2. The Labute approximate surface area is 168 Å². The summed E-state index contributed by atoms with van der Waals surface area (Å²) in [6.45, 7) is 1.71. The molecule has 1 aliphatic rings. The van der Waals surface area contributed by atoms with Gasteiger partial charge in [-0.3, -0.25) is 4.79 Å². The van der Waals surface area contributed by atoms with Crippen LogP contribution in [-0.2, 0) is 6.18 Å². The van der Waals surface area contributed by atoms with E-state index in [0.717, 1.165) is 31.7 Å². The summed E-state index contributed by atoms with van der Waals surface area (Å²) in [5, 5.41) is 2.63. The summed E-state index contributed by atoms with van der Waals surface area (Å²) >= 11 is 0. The van der Waals surface area contributed by atoms with Gasteiger partial charge in [-0.15, -0.1) is 0 Å². The number of methoxy groups -OCH3 is 1. The summed E-state index contributed by atoms with van der Waals surface area (Å²) in [7, 11) is 1.53. The van der Waals surface area contributed by atoms with E-state index in [1.807, 2.05) is 0 Å². The van der Waals surface area contributed by atoms with E-state index in [1.54, 1.807) is 25.1 Å². The molecule has 0 saturated heterocycles. The molecule has 0 aromatic heterocycles. The van der Waals surface area contributed by atoms with Gasteiger partial charge in [0.15, 0.2) is 11.5 Å². The molecule has 1 atom stereocenters. The minimum Gasteiger partial charge on any atom is -0.493 e. The Hall–Kier alpha value is -2.70.